The van der Waals surface area contributed by atoms with E-state index in [0.717, 1.165) is 16.1 Å². The summed E-state index contributed by atoms with van der Waals surface area (Å²) in [6.07, 6.45) is -0.487. The molecule has 2 N–H and O–H groups in total. The lowest BCUT2D eigenvalue weighted by atomic mass is 9.99. The zero-order chi connectivity index (χ0) is 22.0. The third kappa shape index (κ3) is 4.50. The van der Waals surface area contributed by atoms with Gasteiger partial charge in [0.15, 0.2) is 5.69 Å². The van der Waals surface area contributed by atoms with Crippen molar-refractivity contribution in [2.75, 3.05) is 18.5 Å². The summed E-state index contributed by atoms with van der Waals surface area (Å²) in [4.78, 5) is 31.6. The van der Waals surface area contributed by atoms with Gasteiger partial charge in [-0.25, -0.2) is 4.98 Å². The van der Waals surface area contributed by atoms with E-state index in [4.69, 9.17) is 9.26 Å². The number of amides is 2. The molecule has 0 radical (unpaired) electrons. The Labute approximate surface area is 182 Å². The Hall–Kier alpha value is -3.08. The highest BCUT2D eigenvalue weighted by Crippen LogP contribution is 2.31. The van der Waals surface area contributed by atoms with Crippen LogP contribution in [0, 0.1) is 13.8 Å². The highest BCUT2D eigenvalue weighted by Gasteiger charge is 2.37. The Kier molecular flexibility index (Phi) is 6.12. The van der Waals surface area contributed by atoms with E-state index in [9.17, 15) is 14.7 Å². The molecular formula is C21H22N4O5S. The average Bonchev–Trinajstić information content (AvgIpc) is 3.38. The molecule has 1 fully saturated rings. The molecule has 162 valence electrons. The van der Waals surface area contributed by atoms with E-state index in [0.29, 0.717) is 18.0 Å². The molecule has 10 heteroatoms. The van der Waals surface area contributed by atoms with Crippen molar-refractivity contribution in [2.24, 2.45) is 0 Å². The van der Waals surface area contributed by atoms with Crippen LogP contribution in [0.2, 0.25) is 0 Å². The van der Waals surface area contributed by atoms with Gasteiger partial charge in [0.25, 0.3) is 5.91 Å². The van der Waals surface area contributed by atoms with Crippen LogP contribution >= 0.6 is 11.3 Å². The van der Waals surface area contributed by atoms with Gasteiger partial charge >= 0.3 is 0 Å². The van der Waals surface area contributed by atoms with E-state index in [1.807, 2.05) is 19.1 Å². The summed E-state index contributed by atoms with van der Waals surface area (Å²) in [5, 5.41) is 16.5. The minimum atomic E-state index is -0.527. The maximum absolute atomic E-state index is 12.5. The summed E-state index contributed by atoms with van der Waals surface area (Å²) in [6.45, 7) is 3.69. The quantitative estimate of drug-likeness (QED) is 0.602. The molecule has 1 saturated heterocycles. The lowest BCUT2D eigenvalue weighted by Crippen LogP contribution is -2.52. The van der Waals surface area contributed by atoms with E-state index in [-0.39, 0.29) is 30.7 Å². The number of nitrogens with one attached hydrogen (secondary N) is 1. The van der Waals surface area contributed by atoms with Crippen LogP contribution in [0.4, 0.5) is 5.69 Å². The Bertz CT molecular complexity index is 1080. The molecule has 1 aliphatic rings. The molecule has 1 aromatic carbocycles. The number of anilines is 1. The molecule has 2 amide bonds. The van der Waals surface area contributed by atoms with Gasteiger partial charge in [-0.1, -0.05) is 17.3 Å². The third-order valence-electron chi connectivity index (χ3n) is 5.16. The van der Waals surface area contributed by atoms with Gasteiger partial charge in [-0.15, -0.1) is 11.3 Å². The van der Waals surface area contributed by atoms with Crippen molar-refractivity contribution in [3.05, 3.63) is 63.4 Å². The number of benzene rings is 1. The minimum absolute atomic E-state index is 0.0665. The van der Waals surface area contributed by atoms with Crippen molar-refractivity contribution in [2.45, 2.75) is 32.5 Å². The number of thiazole rings is 1. The standard InChI is InChI=1S/C21H22N4O5S/c1-12-7-16(24-30-12)21(28)23-15-5-3-14(4-6-15)20-17(9-26)25(19(27)10-29-20)8-18-13(2)22-11-31-18/h3-7,11,17,20,26H,8-10H2,1-2H3,(H,23,28)/t17-,20-/m1/s1. The van der Waals surface area contributed by atoms with Crippen LogP contribution in [-0.2, 0) is 16.1 Å². The molecule has 0 saturated carbocycles. The van der Waals surface area contributed by atoms with Crippen molar-refractivity contribution < 1.29 is 24.0 Å². The maximum Gasteiger partial charge on any atom is 0.277 e. The van der Waals surface area contributed by atoms with E-state index in [2.05, 4.69) is 15.5 Å². The van der Waals surface area contributed by atoms with Crippen LogP contribution in [0.3, 0.4) is 0 Å². The van der Waals surface area contributed by atoms with Crippen LogP contribution in [0.25, 0.3) is 0 Å². The molecule has 3 aromatic rings. The van der Waals surface area contributed by atoms with Crippen LogP contribution in [0.1, 0.15) is 38.5 Å². The van der Waals surface area contributed by atoms with Gasteiger partial charge in [0, 0.05) is 16.6 Å². The monoisotopic (exact) mass is 442 g/mol. The lowest BCUT2D eigenvalue weighted by Gasteiger charge is -2.40. The predicted molar refractivity (Wildman–Crippen MR) is 113 cm³/mol. The normalized spacial score (nSPS) is 18.9. The second-order valence-electron chi connectivity index (χ2n) is 7.26. The molecule has 0 spiro atoms. The first-order chi connectivity index (χ1) is 15.0. The topological polar surface area (TPSA) is 118 Å². The molecule has 9 nitrogen and oxygen atoms in total. The molecule has 0 bridgehead atoms. The highest BCUT2D eigenvalue weighted by molar-refractivity contribution is 7.09. The van der Waals surface area contributed by atoms with Gasteiger partial charge in [0.2, 0.25) is 5.91 Å². The minimum Gasteiger partial charge on any atom is -0.394 e. The molecule has 3 heterocycles. The summed E-state index contributed by atoms with van der Waals surface area (Å²) in [7, 11) is 0. The summed E-state index contributed by atoms with van der Waals surface area (Å²) in [5.74, 6) is 0.0101. The van der Waals surface area contributed by atoms with E-state index in [1.165, 1.54) is 11.3 Å². The molecule has 0 aliphatic carbocycles. The lowest BCUT2D eigenvalue weighted by molar-refractivity contribution is -0.161. The number of morpholine rings is 1. The van der Waals surface area contributed by atoms with Gasteiger partial charge in [-0.05, 0) is 31.5 Å². The van der Waals surface area contributed by atoms with Gasteiger partial charge in [0.1, 0.15) is 18.5 Å². The summed E-state index contributed by atoms with van der Waals surface area (Å²) in [6, 6.07) is 8.13. The summed E-state index contributed by atoms with van der Waals surface area (Å²) < 4.78 is 10.7. The second-order valence-corrected chi connectivity index (χ2v) is 8.20. The second kappa shape index (κ2) is 8.96. The number of nitrogens with zero attached hydrogens (tertiary/aromatic N) is 3. The average molecular weight is 442 g/mol. The summed E-state index contributed by atoms with van der Waals surface area (Å²) in [5.41, 5.74) is 4.20. The number of aliphatic hydroxyl groups excluding tert-OH is 1. The van der Waals surface area contributed by atoms with E-state index < -0.39 is 12.1 Å². The number of aliphatic hydroxyl groups is 1. The van der Waals surface area contributed by atoms with Crippen LogP contribution < -0.4 is 5.32 Å². The Morgan fingerprint density at radius 3 is 2.71 bits per heavy atom. The largest absolute Gasteiger partial charge is 0.394 e. The van der Waals surface area contributed by atoms with Crippen molar-refractivity contribution in [1.29, 1.82) is 0 Å². The molecule has 1 aliphatic heterocycles. The zero-order valence-electron chi connectivity index (χ0n) is 17.1. The highest BCUT2D eigenvalue weighted by atomic mass is 32.1. The molecular weight excluding hydrogens is 420 g/mol. The van der Waals surface area contributed by atoms with Gasteiger partial charge in [0.05, 0.1) is 30.4 Å². The Morgan fingerprint density at radius 1 is 1.32 bits per heavy atom. The third-order valence-corrected chi connectivity index (χ3v) is 6.08. The number of rotatable bonds is 6. The van der Waals surface area contributed by atoms with Crippen molar-refractivity contribution in [1.82, 2.24) is 15.0 Å². The predicted octanol–water partition coefficient (Wildman–Crippen LogP) is 2.46. The maximum atomic E-state index is 12.5. The Balaban J connectivity index is 1.49. The van der Waals surface area contributed by atoms with Crippen molar-refractivity contribution >= 4 is 28.8 Å². The molecule has 2 atom stereocenters. The van der Waals surface area contributed by atoms with Gasteiger partial charge in [-0.3, -0.25) is 9.59 Å². The smallest absolute Gasteiger partial charge is 0.277 e. The molecule has 31 heavy (non-hydrogen) atoms. The fourth-order valence-corrected chi connectivity index (χ4v) is 4.25. The van der Waals surface area contributed by atoms with E-state index >= 15 is 0 Å². The number of carbonyl (C=O) groups is 2. The molecule has 0 unspecified atom stereocenters. The number of aryl methyl sites for hydroxylation is 2. The first kappa shape index (κ1) is 21.2. The first-order valence-corrected chi connectivity index (χ1v) is 10.6. The molecule has 2 aromatic heterocycles. The fourth-order valence-electron chi connectivity index (χ4n) is 3.48. The zero-order valence-corrected chi connectivity index (χ0v) is 17.9. The number of carbonyl (C=O) groups excluding carboxylic acids is 2. The van der Waals surface area contributed by atoms with Crippen LogP contribution in [-0.4, -0.2) is 51.2 Å². The van der Waals surface area contributed by atoms with Gasteiger partial charge < -0.3 is 24.6 Å². The number of ether oxygens (including phenoxy) is 1. The van der Waals surface area contributed by atoms with Gasteiger partial charge in [-0.2, -0.15) is 0 Å². The van der Waals surface area contributed by atoms with E-state index in [1.54, 1.807) is 35.5 Å². The number of hydrogen-bond acceptors (Lipinski definition) is 8. The molecule has 4 rings (SSSR count). The summed E-state index contributed by atoms with van der Waals surface area (Å²) >= 11 is 1.48. The van der Waals surface area contributed by atoms with Crippen LogP contribution in [0.5, 0.6) is 0 Å². The first-order valence-electron chi connectivity index (χ1n) is 9.71. The fraction of sp³-hybridized carbons (Fsp3) is 0.333. The Morgan fingerprint density at radius 2 is 2.10 bits per heavy atom. The number of aromatic nitrogens is 2. The SMILES string of the molecule is Cc1cc(C(=O)Nc2ccc([C@H]3OCC(=O)N(Cc4scnc4C)[C@@H]3CO)cc2)no1. The number of hydrogen-bond donors (Lipinski definition) is 2. The van der Waals surface area contributed by atoms with Crippen molar-refractivity contribution in [3.63, 3.8) is 0 Å². The van der Waals surface area contributed by atoms with Crippen molar-refractivity contribution in [3.8, 4) is 0 Å². The van der Waals surface area contributed by atoms with Crippen LogP contribution in [0.15, 0.2) is 40.4 Å².